The minimum Gasteiger partial charge on any atom is -0.492 e. The average molecular weight is 281 g/mol. The van der Waals surface area contributed by atoms with Crippen molar-refractivity contribution in [1.82, 2.24) is 9.47 Å². The number of nitriles is 1. The normalized spacial score (nSPS) is 18.0. The summed E-state index contributed by atoms with van der Waals surface area (Å²) in [6.07, 6.45) is 2.15. The molecule has 0 bridgehead atoms. The van der Waals surface area contributed by atoms with E-state index in [1.165, 1.54) is 5.69 Å². The van der Waals surface area contributed by atoms with Gasteiger partial charge in [0.05, 0.1) is 11.6 Å². The number of hydrogen-bond donors (Lipinski definition) is 0. The maximum absolute atomic E-state index is 8.77. The molecule has 0 spiro atoms. The van der Waals surface area contributed by atoms with Gasteiger partial charge in [-0.15, -0.1) is 0 Å². The van der Waals surface area contributed by atoms with Crippen molar-refractivity contribution in [3.05, 3.63) is 53.9 Å². The molecule has 1 aromatic heterocycles. The predicted octanol–water partition coefficient (Wildman–Crippen LogP) is 2.82. The minimum atomic E-state index is 0.429. The van der Waals surface area contributed by atoms with E-state index in [2.05, 4.69) is 40.8 Å². The van der Waals surface area contributed by atoms with Gasteiger partial charge in [-0.2, -0.15) is 5.26 Å². The van der Waals surface area contributed by atoms with Crippen molar-refractivity contribution >= 4 is 0 Å². The van der Waals surface area contributed by atoms with Crippen molar-refractivity contribution in [3.63, 3.8) is 0 Å². The average Bonchev–Trinajstić information content (AvgIpc) is 3.00. The van der Waals surface area contributed by atoms with Crippen molar-refractivity contribution in [2.45, 2.75) is 19.5 Å². The minimum absolute atomic E-state index is 0.429. The Kier molecular flexibility index (Phi) is 3.94. The zero-order valence-electron chi connectivity index (χ0n) is 12.2. The number of ether oxygens (including phenoxy) is 1. The van der Waals surface area contributed by atoms with Gasteiger partial charge >= 0.3 is 0 Å². The molecule has 0 aliphatic carbocycles. The summed E-state index contributed by atoms with van der Waals surface area (Å²) in [4.78, 5) is 2.44. The molecular formula is C17H19N3O. The second-order valence-electron chi connectivity index (χ2n) is 5.32. The van der Waals surface area contributed by atoms with Crippen molar-refractivity contribution in [3.8, 4) is 11.8 Å². The molecule has 4 nitrogen and oxygen atoms in total. The van der Waals surface area contributed by atoms with Crippen LogP contribution in [0.4, 0.5) is 0 Å². The van der Waals surface area contributed by atoms with Crippen LogP contribution in [0.15, 0.2) is 42.6 Å². The Morgan fingerprint density at radius 1 is 1.24 bits per heavy atom. The first kappa shape index (κ1) is 13.7. The largest absolute Gasteiger partial charge is 0.492 e. The molecule has 108 valence electrons. The Balaban J connectivity index is 1.53. The van der Waals surface area contributed by atoms with Crippen molar-refractivity contribution in [2.75, 3.05) is 19.7 Å². The van der Waals surface area contributed by atoms with E-state index in [0.29, 0.717) is 18.2 Å². The first-order chi connectivity index (χ1) is 10.3. The smallest absolute Gasteiger partial charge is 0.119 e. The van der Waals surface area contributed by atoms with Gasteiger partial charge in [0.15, 0.2) is 0 Å². The standard InChI is InChI=1S/C17H19N3O/c1-14-17-3-2-8-20(17)10-9-19(14)11-12-21-16-6-4-15(13-18)5-7-16/h2-8,14H,9-12H2,1H3/t14-/m1/s1. The van der Waals surface area contributed by atoms with E-state index in [1.54, 1.807) is 12.1 Å². The highest BCUT2D eigenvalue weighted by molar-refractivity contribution is 5.34. The zero-order valence-corrected chi connectivity index (χ0v) is 12.2. The van der Waals surface area contributed by atoms with E-state index in [-0.39, 0.29) is 0 Å². The first-order valence-corrected chi connectivity index (χ1v) is 7.30. The van der Waals surface area contributed by atoms with Crippen LogP contribution in [0.1, 0.15) is 24.2 Å². The summed E-state index contributed by atoms with van der Waals surface area (Å²) < 4.78 is 8.09. The third-order valence-corrected chi connectivity index (χ3v) is 4.10. The molecule has 3 rings (SSSR count). The quantitative estimate of drug-likeness (QED) is 0.865. The van der Waals surface area contributed by atoms with Gasteiger partial charge in [0.2, 0.25) is 0 Å². The fourth-order valence-electron chi connectivity index (χ4n) is 2.84. The number of benzene rings is 1. The molecule has 0 saturated carbocycles. The number of nitrogens with zero attached hydrogens (tertiary/aromatic N) is 3. The molecule has 21 heavy (non-hydrogen) atoms. The molecule has 0 unspecified atom stereocenters. The Morgan fingerprint density at radius 3 is 2.81 bits per heavy atom. The van der Waals surface area contributed by atoms with E-state index in [9.17, 15) is 0 Å². The highest BCUT2D eigenvalue weighted by atomic mass is 16.5. The highest BCUT2D eigenvalue weighted by Gasteiger charge is 2.22. The van der Waals surface area contributed by atoms with Gasteiger partial charge in [-0.25, -0.2) is 0 Å². The number of aromatic nitrogens is 1. The number of fused-ring (bicyclic) bond motifs is 1. The van der Waals surface area contributed by atoms with Crippen molar-refractivity contribution in [1.29, 1.82) is 5.26 Å². The highest BCUT2D eigenvalue weighted by Crippen LogP contribution is 2.24. The fourth-order valence-corrected chi connectivity index (χ4v) is 2.84. The van der Waals surface area contributed by atoms with Gasteiger partial charge in [-0.1, -0.05) is 0 Å². The van der Waals surface area contributed by atoms with Crippen LogP contribution in [0, 0.1) is 11.3 Å². The lowest BCUT2D eigenvalue weighted by Gasteiger charge is -2.34. The monoisotopic (exact) mass is 281 g/mol. The predicted molar refractivity (Wildman–Crippen MR) is 81.1 cm³/mol. The summed E-state index contributed by atoms with van der Waals surface area (Å²) in [5.41, 5.74) is 2.03. The molecule has 0 fully saturated rings. The van der Waals surface area contributed by atoms with Crippen LogP contribution >= 0.6 is 0 Å². The van der Waals surface area contributed by atoms with Crippen LogP contribution in [-0.4, -0.2) is 29.2 Å². The molecule has 2 aromatic rings. The van der Waals surface area contributed by atoms with Crippen LogP contribution in [0.2, 0.25) is 0 Å². The van der Waals surface area contributed by atoms with Crippen LogP contribution < -0.4 is 4.74 Å². The third kappa shape index (κ3) is 2.93. The van der Waals surface area contributed by atoms with Gasteiger partial charge in [0.25, 0.3) is 0 Å². The topological polar surface area (TPSA) is 41.2 Å². The Labute approximate surface area is 125 Å². The van der Waals surface area contributed by atoms with E-state index in [4.69, 9.17) is 10.00 Å². The molecule has 1 aromatic carbocycles. The van der Waals surface area contributed by atoms with Gasteiger partial charge in [0.1, 0.15) is 12.4 Å². The molecule has 0 saturated heterocycles. The van der Waals surface area contributed by atoms with Crippen LogP contribution in [0.5, 0.6) is 5.75 Å². The van der Waals surface area contributed by atoms with E-state index in [0.717, 1.165) is 25.4 Å². The number of hydrogen-bond acceptors (Lipinski definition) is 3. The van der Waals surface area contributed by atoms with Crippen molar-refractivity contribution < 1.29 is 4.74 Å². The van der Waals surface area contributed by atoms with Crippen LogP contribution in [0.25, 0.3) is 0 Å². The third-order valence-electron chi connectivity index (χ3n) is 4.10. The maximum atomic E-state index is 8.77. The lowest BCUT2D eigenvalue weighted by molar-refractivity contribution is 0.139. The Bertz CT molecular complexity index is 639. The van der Waals surface area contributed by atoms with E-state index < -0.39 is 0 Å². The molecule has 0 N–H and O–H groups in total. The van der Waals surface area contributed by atoms with Crippen LogP contribution in [-0.2, 0) is 6.54 Å². The molecule has 0 amide bonds. The SMILES string of the molecule is C[C@@H]1c2cccn2CCN1CCOc1ccc(C#N)cc1. The lowest BCUT2D eigenvalue weighted by Crippen LogP contribution is -2.38. The number of rotatable bonds is 4. The Morgan fingerprint density at radius 2 is 2.05 bits per heavy atom. The van der Waals surface area contributed by atoms with Gasteiger partial charge < -0.3 is 9.30 Å². The summed E-state index contributed by atoms with van der Waals surface area (Å²) in [5.74, 6) is 0.821. The lowest BCUT2D eigenvalue weighted by atomic mass is 10.1. The fraction of sp³-hybridized carbons (Fsp3) is 0.353. The van der Waals surface area contributed by atoms with E-state index in [1.807, 2.05) is 12.1 Å². The molecular weight excluding hydrogens is 262 g/mol. The molecule has 1 aliphatic heterocycles. The summed E-state index contributed by atoms with van der Waals surface area (Å²) >= 11 is 0. The molecule has 4 heteroatoms. The van der Waals surface area contributed by atoms with Gasteiger partial charge in [-0.3, -0.25) is 4.90 Å². The summed E-state index contributed by atoms with van der Waals surface area (Å²) in [5, 5.41) is 8.77. The van der Waals surface area contributed by atoms with Gasteiger partial charge in [0, 0.05) is 37.6 Å². The summed E-state index contributed by atoms with van der Waals surface area (Å²) in [7, 11) is 0. The van der Waals surface area contributed by atoms with Crippen LogP contribution in [0.3, 0.4) is 0 Å². The summed E-state index contributed by atoms with van der Waals surface area (Å²) in [6.45, 7) is 5.92. The second kappa shape index (κ2) is 6.02. The van der Waals surface area contributed by atoms with E-state index >= 15 is 0 Å². The molecule has 1 aliphatic rings. The first-order valence-electron chi connectivity index (χ1n) is 7.30. The molecule has 1 atom stereocenters. The Hall–Kier alpha value is -2.25. The van der Waals surface area contributed by atoms with Crippen molar-refractivity contribution in [2.24, 2.45) is 0 Å². The molecule has 0 radical (unpaired) electrons. The summed E-state index contributed by atoms with van der Waals surface area (Å²) in [6, 6.07) is 14.1. The zero-order chi connectivity index (χ0) is 14.7. The molecule has 2 heterocycles. The maximum Gasteiger partial charge on any atom is 0.119 e. The van der Waals surface area contributed by atoms with Gasteiger partial charge in [-0.05, 0) is 43.3 Å². The second-order valence-corrected chi connectivity index (χ2v) is 5.32.